The Hall–Kier alpha value is -1.62. The van der Waals surface area contributed by atoms with E-state index in [1.165, 1.54) is 0 Å². The Morgan fingerprint density at radius 2 is 2.44 bits per heavy atom. The van der Waals surface area contributed by atoms with E-state index in [1.807, 2.05) is 6.92 Å². The van der Waals surface area contributed by atoms with Gasteiger partial charge in [-0.25, -0.2) is 4.98 Å². The van der Waals surface area contributed by atoms with Crippen LogP contribution in [0, 0.1) is 0 Å². The Morgan fingerprint density at radius 3 is 3.06 bits per heavy atom. The number of pyridine rings is 1. The predicted molar refractivity (Wildman–Crippen MR) is 60.2 cm³/mol. The largest absolute Gasteiger partial charge is 0.476 e. The van der Waals surface area contributed by atoms with Crippen LogP contribution in [0.3, 0.4) is 0 Å². The standard InChI is InChI=1S/C11H15N3O2/c1-2-16-9-8(4-3-7-13-9)14-10(15)11(12)5-6-11/h3-4,7H,2,5-6,12H2,1H3,(H,14,15). The molecule has 0 aromatic carbocycles. The van der Waals surface area contributed by atoms with Crippen LogP contribution < -0.4 is 15.8 Å². The SMILES string of the molecule is CCOc1ncccc1NC(=O)C1(N)CC1. The van der Waals surface area contributed by atoms with E-state index in [4.69, 9.17) is 10.5 Å². The molecule has 1 saturated carbocycles. The summed E-state index contributed by atoms with van der Waals surface area (Å²) < 4.78 is 5.30. The fourth-order valence-electron chi connectivity index (χ4n) is 1.35. The second-order valence-corrected chi connectivity index (χ2v) is 3.90. The van der Waals surface area contributed by atoms with Crippen LogP contribution in [0.25, 0.3) is 0 Å². The highest BCUT2D eigenvalue weighted by molar-refractivity contribution is 6.00. The maximum absolute atomic E-state index is 11.7. The number of aromatic nitrogens is 1. The van der Waals surface area contributed by atoms with Gasteiger partial charge in [0, 0.05) is 6.20 Å². The average molecular weight is 221 g/mol. The van der Waals surface area contributed by atoms with Gasteiger partial charge >= 0.3 is 0 Å². The Bertz CT molecular complexity index is 402. The van der Waals surface area contributed by atoms with Crippen LogP contribution in [0.2, 0.25) is 0 Å². The van der Waals surface area contributed by atoms with Gasteiger partial charge in [-0.15, -0.1) is 0 Å². The summed E-state index contributed by atoms with van der Waals surface area (Å²) in [5.41, 5.74) is 5.68. The zero-order valence-corrected chi connectivity index (χ0v) is 9.19. The molecule has 1 amide bonds. The lowest BCUT2D eigenvalue weighted by Gasteiger charge is -2.12. The molecule has 1 aliphatic carbocycles. The third-order valence-corrected chi connectivity index (χ3v) is 2.54. The molecular formula is C11H15N3O2. The minimum absolute atomic E-state index is 0.165. The number of nitrogens with two attached hydrogens (primary N) is 1. The van der Waals surface area contributed by atoms with E-state index < -0.39 is 5.54 Å². The molecule has 1 fully saturated rings. The first-order chi connectivity index (χ1) is 7.65. The first kappa shape index (κ1) is 10.9. The Balaban J connectivity index is 2.11. The Kier molecular flexibility index (Phi) is 2.78. The number of nitrogens with zero attached hydrogens (tertiary/aromatic N) is 1. The minimum Gasteiger partial charge on any atom is -0.476 e. The fraction of sp³-hybridized carbons (Fsp3) is 0.455. The predicted octanol–water partition coefficient (Wildman–Crippen LogP) is 0.910. The Labute approximate surface area is 94.0 Å². The van der Waals surface area contributed by atoms with Crippen LogP contribution in [-0.2, 0) is 4.79 Å². The summed E-state index contributed by atoms with van der Waals surface area (Å²) in [6.45, 7) is 2.37. The van der Waals surface area contributed by atoms with E-state index >= 15 is 0 Å². The van der Waals surface area contributed by atoms with Crippen molar-refractivity contribution in [3.63, 3.8) is 0 Å². The summed E-state index contributed by atoms with van der Waals surface area (Å²) in [7, 11) is 0. The molecule has 1 aliphatic rings. The second-order valence-electron chi connectivity index (χ2n) is 3.90. The highest BCUT2D eigenvalue weighted by Crippen LogP contribution is 2.34. The van der Waals surface area contributed by atoms with Gasteiger partial charge in [-0.05, 0) is 31.9 Å². The number of amides is 1. The Morgan fingerprint density at radius 1 is 1.69 bits per heavy atom. The molecule has 5 heteroatoms. The van der Waals surface area contributed by atoms with Gasteiger partial charge in [0.05, 0.1) is 12.1 Å². The van der Waals surface area contributed by atoms with E-state index in [0.717, 1.165) is 12.8 Å². The molecule has 0 unspecified atom stereocenters. The van der Waals surface area contributed by atoms with Gasteiger partial charge in [-0.3, -0.25) is 4.79 Å². The molecule has 3 N–H and O–H groups in total. The van der Waals surface area contributed by atoms with Crippen molar-refractivity contribution in [2.75, 3.05) is 11.9 Å². The fourth-order valence-corrected chi connectivity index (χ4v) is 1.35. The van der Waals surface area contributed by atoms with Gasteiger partial charge in [0.2, 0.25) is 11.8 Å². The molecule has 0 atom stereocenters. The van der Waals surface area contributed by atoms with Crippen LogP contribution in [0.4, 0.5) is 5.69 Å². The maximum Gasteiger partial charge on any atom is 0.244 e. The van der Waals surface area contributed by atoms with Crippen molar-refractivity contribution in [2.24, 2.45) is 5.73 Å². The third kappa shape index (κ3) is 2.14. The van der Waals surface area contributed by atoms with Crippen molar-refractivity contribution in [3.05, 3.63) is 18.3 Å². The quantitative estimate of drug-likeness (QED) is 0.792. The lowest BCUT2D eigenvalue weighted by atomic mass is 10.2. The number of nitrogens with one attached hydrogen (secondary N) is 1. The van der Waals surface area contributed by atoms with E-state index in [0.29, 0.717) is 18.2 Å². The molecule has 1 aromatic rings. The number of ether oxygens (including phenoxy) is 1. The molecule has 0 aliphatic heterocycles. The molecule has 0 bridgehead atoms. The summed E-state index contributed by atoms with van der Waals surface area (Å²) >= 11 is 0. The zero-order chi connectivity index (χ0) is 11.6. The zero-order valence-electron chi connectivity index (χ0n) is 9.19. The van der Waals surface area contributed by atoms with Crippen molar-refractivity contribution in [1.29, 1.82) is 0 Å². The summed E-state index contributed by atoms with van der Waals surface area (Å²) in [6, 6.07) is 3.50. The highest BCUT2D eigenvalue weighted by Gasteiger charge is 2.46. The number of rotatable bonds is 4. The number of carbonyl (C=O) groups excluding carboxylic acids is 1. The van der Waals surface area contributed by atoms with Crippen LogP contribution in [0.5, 0.6) is 5.88 Å². The normalized spacial score (nSPS) is 16.6. The summed E-state index contributed by atoms with van der Waals surface area (Å²) in [6.07, 6.45) is 3.10. The van der Waals surface area contributed by atoms with Crippen molar-refractivity contribution < 1.29 is 9.53 Å². The topological polar surface area (TPSA) is 77.2 Å². The second kappa shape index (κ2) is 4.09. The van der Waals surface area contributed by atoms with Crippen LogP contribution >= 0.6 is 0 Å². The van der Waals surface area contributed by atoms with Crippen LogP contribution in [-0.4, -0.2) is 23.0 Å². The van der Waals surface area contributed by atoms with Gasteiger partial charge in [0.25, 0.3) is 0 Å². The summed E-state index contributed by atoms with van der Waals surface area (Å²) in [4.78, 5) is 15.8. The van der Waals surface area contributed by atoms with E-state index in [2.05, 4.69) is 10.3 Å². The molecule has 0 saturated heterocycles. The maximum atomic E-state index is 11.7. The lowest BCUT2D eigenvalue weighted by molar-refractivity contribution is -0.118. The first-order valence-corrected chi connectivity index (χ1v) is 5.34. The molecule has 2 rings (SSSR count). The number of hydrogen-bond donors (Lipinski definition) is 2. The monoisotopic (exact) mass is 221 g/mol. The van der Waals surface area contributed by atoms with Gasteiger partial charge in [-0.2, -0.15) is 0 Å². The molecule has 5 nitrogen and oxygen atoms in total. The lowest BCUT2D eigenvalue weighted by Crippen LogP contribution is -2.37. The van der Waals surface area contributed by atoms with E-state index in [9.17, 15) is 4.79 Å². The molecule has 0 spiro atoms. The molecule has 1 aromatic heterocycles. The molecule has 1 heterocycles. The van der Waals surface area contributed by atoms with Gasteiger partial charge < -0.3 is 15.8 Å². The minimum atomic E-state index is -0.681. The molecule has 16 heavy (non-hydrogen) atoms. The smallest absolute Gasteiger partial charge is 0.244 e. The first-order valence-electron chi connectivity index (χ1n) is 5.34. The summed E-state index contributed by atoms with van der Waals surface area (Å²) in [5, 5.41) is 2.75. The van der Waals surface area contributed by atoms with Crippen molar-refractivity contribution in [2.45, 2.75) is 25.3 Å². The number of carbonyl (C=O) groups is 1. The van der Waals surface area contributed by atoms with Gasteiger partial charge in [0.15, 0.2) is 0 Å². The highest BCUT2D eigenvalue weighted by atomic mass is 16.5. The van der Waals surface area contributed by atoms with Crippen molar-refractivity contribution in [1.82, 2.24) is 4.98 Å². The van der Waals surface area contributed by atoms with Crippen LogP contribution in [0.15, 0.2) is 18.3 Å². The van der Waals surface area contributed by atoms with Crippen molar-refractivity contribution in [3.8, 4) is 5.88 Å². The van der Waals surface area contributed by atoms with Gasteiger partial charge in [0.1, 0.15) is 5.69 Å². The van der Waals surface area contributed by atoms with Gasteiger partial charge in [-0.1, -0.05) is 0 Å². The third-order valence-electron chi connectivity index (χ3n) is 2.54. The molecule has 0 radical (unpaired) electrons. The average Bonchev–Trinajstić information content (AvgIpc) is 3.01. The van der Waals surface area contributed by atoms with E-state index in [-0.39, 0.29) is 5.91 Å². The van der Waals surface area contributed by atoms with Crippen LogP contribution in [0.1, 0.15) is 19.8 Å². The van der Waals surface area contributed by atoms with Crippen molar-refractivity contribution >= 4 is 11.6 Å². The number of anilines is 1. The molecular weight excluding hydrogens is 206 g/mol. The molecule has 86 valence electrons. The summed E-state index contributed by atoms with van der Waals surface area (Å²) in [5.74, 6) is 0.268. The number of hydrogen-bond acceptors (Lipinski definition) is 4. The van der Waals surface area contributed by atoms with E-state index in [1.54, 1.807) is 18.3 Å².